The normalized spacial score (nSPS) is 18.7. The van der Waals surface area contributed by atoms with E-state index in [9.17, 15) is 13.2 Å². The van der Waals surface area contributed by atoms with Gasteiger partial charge >= 0.3 is 6.18 Å². The standard InChI is InChI=1S/C11H11F3S2/c12-11(13,14)9-5-2-1-4-8(9)10-15-6-3-7-16-10/h1-2,4-5,10H,3,6-7H2. The third kappa shape index (κ3) is 2.69. The fourth-order valence-corrected chi connectivity index (χ4v) is 4.59. The topological polar surface area (TPSA) is 0 Å². The monoisotopic (exact) mass is 264 g/mol. The zero-order valence-electron chi connectivity index (χ0n) is 8.46. The third-order valence-corrected chi connectivity index (χ3v) is 5.33. The Hall–Kier alpha value is -0.290. The minimum Gasteiger partial charge on any atom is -0.166 e. The van der Waals surface area contributed by atoms with Crippen molar-refractivity contribution in [2.75, 3.05) is 11.5 Å². The molecule has 0 N–H and O–H groups in total. The maximum atomic E-state index is 12.8. The first-order chi connectivity index (χ1) is 7.59. The molecule has 0 nitrogen and oxygen atoms in total. The highest BCUT2D eigenvalue weighted by Gasteiger charge is 2.35. The van der Waals surface area contributed by atoms with Gasteiger partial charge in [0.1, 0.15) is 0 Å². The van der Waals surface area contributed by atoms with Crippen molar-refractivity contribution >= 4 is 23.5 Å². The van der Waals surface area contributed by atoms with E-state index in [1.165, 1.54) is 12.1 Å². The maximum Gasteiger partial charge on any atom is 0.416 e. The highest BCUT2D eigenvalue weighted by atomic mass is 32.2. The van der Waals surface area contributed by atoms with Gasteiger partial charge in [0.05, 0.1) is 10.1 Å². The molecule has 0 unspecified atom stereocenters. The van der Waals surface area contributed by atoms with E-state index in [-0.39, 0.29) is 4.58 Å². The van der Waals surface area contributed by atoms with Crippen molar-refractivity contribution in [2.24, 2.45) is 0 Å². The van der Waals surface area contributed by atoms with Gasteiger partial charge in [-0.25, -0.2) is 0 Å². The van der Waals surface area contributed by atoms with Crippen LogP contribution in [0.5, 0.6) is 0 Å². The van der Waals surface area contributed by atoms with Crippen LogP contribution in [-0.2, 0) is 6.18 Å². The van der Waals surface area contributed by atoms with Gasteiger partial charge in [0, 0.05) is 0 Å². The summed E-state index contributed by atoms with van der Waals surface area (Å²) < 4.78 is 38.3. The number of thioether (sulfide) groups is 2. The molecule has 1 aromatic rings. The quantitative estimate of drug-likeness (QED) is 0.728. The molecule has 1 fully saturated rings. The number of halogens is 3. The molecule has 0 aromatic heterocycles. The van der Waals surface area contributed by atoms with Gasteiger partial charge in [-0.15, -0.1) is 23.5 Å². The van der Waals surface area contributed by atoms with Crippen LogP contribution < -0.4 is 0 Å². The van der Waals surface area contributed by atoms with E-state index < -0.39 is 11.7 Å². The van der Waals surface area contributed by atoms with Gasteiger partial charge in [-0.05, 0) is 29.6 Å². The Morgan fingerprint density at radius 2 is 1.69 bits per heavy atom. The molecule has 88 valence electrons. The number of hydrogen-bond donors (Lipinski definition) is 0. The Morgan fingerprint density at radius 3 is 2.31 bits per heavy atom. The number of benzene rings is 1. The van der Waals surface area contributed by atoms with Crippen LogP contribution in [0.15, 0.2) is 24.3 Å². The molecule has 1 heterocycles. The SMILES string of the molecule is FC(F)(F)c1ccccc1C1SCCCS1. The van der Waals surface area contributed by atoms with Gasteiger partial charge < -0.3 is 0 Å². The molecule has 0 amide bonds. The van der Waals surface area contributed by atoms with Gasteiger partial charge in [-0.1, -0.05) is 18.2 Å². The van der Waals surface area contributed by atoms with E-state index in [1.807, 2.05) is 0 Å². The van der Waals surface area contributed by atoms with E-state index in [2.05, 4.69) is 0 Å². The second-order valence-corrected chi connectivity index (χ2v) is 6.24. The fourth-order valence-electron chi connectivity index (χ4n) is 1.63. The summed E-state index contributed by atoms with van der Waals surface area (Å²) in [5, 5.41) is 0. The Labute approximate surface area is 101 Å². The molecule has 2 rings (SSSR count). The first-order valence-corrected chi connectivity index (χ1v) is 7.08. The van der Waals surface area contributed by atoms with Gasteiger partial charge in [-0.3, -0.25) is 0 Å². The van der Waals surface area contributed by atoms with Crippen LogP contribution in [0.3, 0.4) is 0 Å². The summed E-state index contributed by atoms with van der Waals surface area (Å²) in [7, 11) is 0. The number of rotatable bonds is 1. The second-order valence-electron chi connectivity index (χ2n) is 3.51. The van der Waals surface area contributed by atoms with Crippen molar-refractivity contribution in [3.05, 3.63) is 35.4 Å². The molecular weight excluding hydrogens is 253 g/mol. The summed E-state index contributed by atoms with van der Waals surface area (Å²) in [6.07, 6.45) is -3.16. The minimum absolute atomic E-state index is 0.0634. The summed E-state index contributed by atoms with van der Waals surface area (Å²) in [6, 6.07) is 5.90. The molecular formula is C11H11F3S2. The van der Waals surface area contributed by atoms with Crippen molar-refractivity contribution in [1.29, 1.82) is 0 Å². The molecule has 1 aliphatic rings. The van der Waals surface area contributed by atoms with Gasteiger partial charge in [-0.2, -0.15) is 13.2 Å². The van der Waals surface area contributed by atoms with Crippen LogP contribution in [-0.4, -0.2) is 11.5 Å². The zero-order chi connectivity index (χ0) is 11.6. The summed E-state index contributed by atoms with van der Waals surface area (Å²) in [4.78, 5) is 0. The molecule has 0 spiro atoms. The molecule has 1 saturated heterocycles. The highest BCUT2D eigenvalue weighted by molar-refractivity contribution is 8.16. The predicted molar refractivity (Wildman–Crippen MR) is 63.7 cm³/mol. The molecule has 5 heteroatoms. The van der Waals surface area contributed by atoms with Crippen molar-refractivity contribution in [2.45, 2.75) is 17.2 Å². The lowest BCUT2D eigenvalue weighted by atomic mass is 10.1. The fraction of sp³-hybridized carbons (Fsp3) is 0.455. The molecule has 0 saturated carbocycles. The van der Waals surface area contributed by atoms with E-state index in [0.717, 1.165) is 17.9 Å². The van der Waals surface area contributed by atoms with Crippen LogP contribution in [0.2, 0.25) is 0 Å². The summed E-state index contributed by atoms with van der Waals surface area (Å²) >= 11 is 3.22. The summed E-state index contributed by atoms with van der Waals surface area (Å²) in [5.74, 6) is 1.90. The maximum absolute atomic E-state index is 12.8. The number of hydrogen-bond acceptors (Lipinski definition) is 2. The van der Waals surface area contributed by atoms with E-state index >= 15 is 0 Å². The molecule has 0 aliphatic carbocycles. The van der Waals surface area contributed by atoms with Gasteiger partial charge in [0.25, 0.3) is 0 Å². The highest BCUT2D eigenvalue weighted by Crippen LogP contribution is 2.47. The molecule has 1 aliphatic heterocycles. The smallest absolute Gasteiger partial charge is 0.166 e. The Bertz CT molecular complexity index is 356. The first-order valence-electron chi connectivity index (χ1n) is 4.98. The van der Waals surface area contributed by atoms with Crippen LogP contribution in [0, 0.1) is 0 Å². The zero-order valence-corrected chi connectivity index (χ0v) is 10.1. The molecule has 16 heavy (non-hydrogen) atoms. The summed E-state index contributed by atoms with van der Waals surface area (Å²) in [5.41, 5.74) is -0.0633. The largest absolute Gasteiger partial charge is 0.416 e. The molecule has 0 radical (unpaired) electrons. The lowest BCUT2D eigenvalue weighted by molar-refractivity contribution is -0.138. The third-order valence-electron chi connectivity index (χ3n) is 2.35. The van der Waals surface area contributed by atoms with Gasteiger partial charge in [0.15, 0.2) is 0 Å². The van der Waals surface area contributed by atoms with E-state index in [1.54, 1.807) is 35.7 Å². The Morgan fingerprint density at radius 1 is 1.06 bits per heavy atom. The predicted octanol–water partition coefficient (Wildman–Crippen LogP) is 4.57. The van der Waals surface area contributed by atoms with Gasteiger partial charge in [0.2, 0.25) is 0 Å². The second kappa shape index (κ2) is 4.92. The molecule has 0 atom stereocenters. The van der Waals surface area contributed by atoms with Crippen LogP contribution in [0.25, 0.3) is 0 Å². The lowest BCUT2D eigenvalue weighted by Gasteiger charge is -2.24. The molecule has 1 aromatic carbocycles. The van der Waals surface area contributed by atoms with Crippen molar-refractivity contribution < 1.29 is 13.2 Å². The first kappa shape index (κ1) is 12.2. The number of alkyl halides is 3. The van der Waals surface area contributed by atoms with Crippen molar-refractivity contribution in [3.8, 4) is 0 Å². The molecule has 0 bridgehead atoms. The van der Waals surface area contributed by atoms with E-state index in [4.69, 9.17) is 0 Å². The minimum atomic E-state index is -4.24. The average molecular weight is 264 g/mol. The van der Waals surface area contributed by atoms with Crippen LogP contribution in [0.4, 0.5) is 13.2 Å². The van der Waals surface area contributed by atoms with Crippen molar-refractivity contribution in [1.82, 2.24) is 0 Å². The van der Waals surface area contributed by atoms with E-state index in [0.29, 0.717) is 5.56 Å². The van der Waals surface area contributed by atoms with Crippen LogP contribution in [0.1, 0.15) is 22.1 Å². The summed E-state index contributed by atoms with van der Waals surface area (Å²) in [6.45, 7) is 0. The van der Waals surface area contributed by atoms with Crippen molar-refractivity contribution in [3.63, 3.8) is 0 Å². The average Bonchev–Trinajstić information content (AvgIpc) is 2.29. The van der Waals surface area contributed by atoms with Crippen LogP contribution >= 0.6 is 23.5 Å². The Kier molecular flexibility index (Phi) is 3.74. The Balaban J connectivity index is 2.32. The lowest BCUT2D eigenvalue weighted by Crippen LogP contribution is -2.11.